The van der Waals surface area contributed by atoms with Crippen molar-refractivity contribution in [2.75, 3.05) is 38.6 Å². The van der Waals surface area contributed by atoms with Gasteiger partial charge in [0.15, 0.2) is 11.6 Å². The van der Waals surface area contributed by atoms with E-state index in [0.29, 0.717) is 72.4 Å². The lowest BCUT2D eigenvalue weighted by molar-refractivity contribution is -0.153. The van der Waals surface area contributed by atoms with E-state index in [1.807, 2.05) is 4.90 Å². The second kappa shape index (κ2) is 12.2. The Morgan fingerprint density at radius 1 is 1.18 bits per heavy atom. The van der Waals surface area contributed by atoms with Crippen LogP contribution in [-0.2, 0) is 11.4 Å². The van der Waals surface area contributed by atoms with Gasteiger partial charge in [-0.1, -0.05) is 0 Å². The molecule has 4 rings (SSSR count). The van der Waals surface area contributed by atoms with E-state index in [1.165, 1.54) is 13.3 Å². The topological polar surface area (TPSA) is 115 Å². The van der Waals surface area contributed by atoms with Crippen molar-refractivity contribution >= 4 is 22.6 Å². The molecule has 1 aliphatic heterocycles. The molecule has 0 radical (unpaired) electrons. The van der Waals surface area contributed by atoms with Gasteiger partial charge in [0.25, 0.3) is 0 Å². The van der Waals surface area contributed by atoms with Crippen LogP contribution < -0.4 is 10.1 Å². The fraction of sp³-hybridized carbons (Fsp3) is 0.429. The minimum Gasteiger partial charge on any atom is -0.497 e. The summed E-state index contributed by atoms with van der Waals surface area (Å²) < 4.78 is 46.1. The number of methoxy groups -OCH3 is 1. The molecule has 0 aliphatic carbocycles. The predicted octanol–water partition coefficient (Wildman–Crippen LogP) is 4.25. The zero-order valence-corrected chi connectivity index (χ0v) is 21.6. The number of carboxylic acid groups (broad SMARTS) is 1. The highest BCUT2D eigenvalue weighted by Gasteiger charge is 2.41. The number of aromatic nitrogens is 1. The lowest BCUT2D eigenvalue weighted by Crippen LogP contribution is -2.45. The number of hydrogen-bond donors (Lipinski definition) is 4. The molecule has 2 heterocycles. The highest BCUT2D eigenvalue weighted by Crippen LogP contribution is 2.40. The van der Waals surface area contributed by atoms with E-state index in [-0.39, 0.29) is 26.0 Å². The van der Waals surface area contributed by atoms with Gasteiger partial charge < -0.3 is 30.3 Å². The van der Waals surface area contributed by atoms with Crippen LogP contribution in [0, 0.1) is 22.9 Å². The summed E-state index contributed by atoms with van der Waals surface area (Å²) in [7, 11) is 1.53. The first-order valence-corrected chi connectivity index (χ1v) is 12.8. The Hall–Kier alpha value is -3.41. The summed E-state index contributed by atoms with van der Waals surface area (Å²) in [4.78, 5) is 18.7. The number of aliphatic hydroxyl groups is 2. The molecule has 1 fully saturated rings. The minimum atomic E-state index is -1.04. The second-order valence-corrected chi connectivity index (χ2v) is 9.89. The van der Waals surface area contributed by atoms with E-state index < -0.39 is 40.6 Å². The fourth-order valence-corrected chi connectivity index (χ4v) is 5.26. The molecule has 8 nitrogen and oxygen atoms in total. The molecule has 1 aromatic heterocycles. The van der Waals surface area contributed by atoms with Gasteiger partial charge in [0.05, 0.1) is 30.8 Å². The second-order valence-electron chi connectivity index (χ2n) is 9.89. The van der Waals surface area contributed by atoms with Crippen molar-refractivity contribution < 1.29 is 38.0 Å². The molecule has 210 valence electrons. The van der Waals surface area contributed by atoms with Crippen LogP contribution >= 0.6 is 0 Å². The molecular weight excluding hydrogens is 515 g/mol. The van der Waals surface area contributed by atoms with Gasteiger partial charge in [-0.3, -0.25) is 9.78 Å². The Balaban J connectivity index is 1.39. The molecule has 2 aromatic carbocycles. The highest BCUT2D eigenvalue weighted by molar-refractivity contribution is 5.85. The van der Waals surface area contributed by atoms with Crippen molar-refractivity contribution in [3.63, 3.8) is 0 Å². The van der Waals surface area contributed by atoms with Gasteiger partial charge in [0.2, 0.25) is 0 Å². The number of benzene rings is 2. The first-order valence-electron chi connectivity index (χ1n) is 12.8. The van der Waals surface area contributed by atoms with Crippen molar-refractivity contribution in [1.82, 2.24) is 9.88 Å². The number of hydrogen-bond acceptors (Lipinski definition) is 7. The van der Waals surface area contributed by atoms with E-state index in [9.17, 15) is 33.3 Å². The lowest BCUT2D eigenvalue weighted by atomic mass is 9.74. The van der Waals surface area contributed by atoms with Crippen LogP contribution in [0.15, 0.2) is 36.5 Å². The standard InChI is InChI=1S/C28H32F3N3O5/c1-39-19-2-3-23-20(14-19)25(17(16-35)15-33-23)24(36)4-5-28(27(37)38)6-9-34(10-7-28)11-8-32-26-21(30)12-18(29)13-22(26)31/h2-3,12-15,24,32,35-36H,4-11,16H2,1H3,(H,37,38)/t24-/m0/s1. The van der Waals surface area contributed by atoms with E-state index >= 15 is 0 Å². The zero-order chi connectivity index (χ0) is 28.2. The number of pyridine rings is 1. The SMILES string of the molecule is COc1ccc2ncc(CO)c([C@@H](O)CCC3(C(=O)O)CCN(CCNc4c(F)cc(F)cc4F)CC3)c2c1. The molecule has 1 atom stereocenters. The van der Waals surface area contributed by atoms with Gasteiger partial charge >= 0.3 is 5.97 Å². The number of fused-ring (bicyclic) bond motifs is 1. The van der Waals surface area contributed by atoms with Crippen molar-refractivity contribution in [2.45, 2.75) is 38.4 Å². The third-order valence-corrected chi connectivity index (χ3v) is 7.60. The maximum Gasteiger partial charge on any atom is 0.309 e. The first kappa shape index (κ1) is 28.6. The summed E-state index contributed by atoms with van der Waals surface area (Å²) in [6, 6.07) is 6.46. The molecular formula is C28H32F3N3O5. The normalized spacial score (nSPS) is 16.3. The number of nitrogens with zero attached hydrogens (tertiary/aromatic N) is 2. The van der Waals surface area contributed by atoms with Crippen LogP contribution in [0.25, 0.3) is 10.9 Å². The lowest BCUT2D eigenvalue weighted by Gasteiger charge is -2.39. The molecule has 0 bridgehead atoms. The quantitative estimate of drug-likeness (QED) is 0.282. The van der Waals surface area contributed by atoms with Gasteiger partial charge in [-0.05, 0) is 62.5 Å². The Morgan fingerprint density at radius 3 is 2.49 bits per heavy atom. The number of anilines is 1. The van der Waals surface area contributed by atoms with Crippen molar-refractivity contribution in [3.8, 4) is 5.75 Å². The molecule has 0 unspecified atom stereocenters. The van der Waals surface area contributed by atoms with Crippen molar-refractivity contribution in [2.24, 2.45) is 5.41 Å². The number of halogens is 3. The van der Waals surface area contributed by atoms with Crippen molar-refractivity contribution in [1.29, 1.82) is 0 Å². The summed E-state index contributed by atoms with van der Waals surface area (Å²) in [6.45, 7) is 1.19. The number of piperidine rings is 1. The molecule has 0 amide bonds. The number of carbonyl (C=O) groups is 1. The van der Waals surface area contributed by atoms with Crippen LogP contribution in [0.4, 0.5) is 18.9 Å². The summed E-state index contributed by atoms with van der Waals surface area (Å²) >= 11 is 0. The zero-order valence-electron chi connectivity index (χ0n) is 21.6. The number of rotatable bonds is 11. The molecule has 0 spiro atoms. The molecule has 39 heavy (non-hydrogen) atoms. The number of aliphatic carboxylic acids is 1. The molecule has 4 N–H and O–H groups in total. The number of ether oxygens (including phenoxy) is 1. The van der Waals surface area contributed by atoms with Gasteiger partial charge in [-0.2, -0.15) is 0 Å². The average molecular weight is 548 g/mol. The third kappa shape index (κ3) is 6.26. The van der Waals surface area contributed by atoms with Crippen molar-refractivity contribution in [3.05, 3.63) is 65.1 Å². The molecule has 11 heteroatoms. The minimum absolute atomic E-state index is 0.167. The number of likely N-dealkylation sites (tertiary alicyclic amines) is 1. The summed E-state index contributed by atoms with van der Waals surface area (Å²) in [6.07, 6.45) is 1.55. The van der Waals surface area contributed by atoms with E-state index in [2.05, 4.69) is 10.3 Å². The Morgan fingerprint density at radius 2 is 1.87 bits per heavy atom. The Kier molecular flexibility index (Phi) is 8.94. The summed E-state index contributed by atoms with van der Waals surface area (Å²) in [5, 5.41) is 34.5. The smallest absolute Gasteiger partial charge is 0.309 e. The number of aliphatic hydroxyl groups excluding tert-OH is 2. The van der Waals surface area contributed by atoms with Crippen LogP contribution in [0.5, 0.6) is 5.75 Å². The van der Waals surface area contributed by atoms with E-state index in [1.54, 1.807) is 18.2 Å². The van der Waals surface area contributed by atoms with Gasteiger partial charge in [-0.25, -0.2) is 13.2 Å². The fourth-order valence-electron chi connectivity index (χ4n) is 5.26. The molecule has 1 aliphatic rings. The first-order chi connectivity index (χ1) is 18.7. The summed E-state index contributed by atoms with van der Waals surface area (Å²) in [5.74, 6) is -3.39. The van der Waals surface area contributed by atoms with Crippen LogP contribution in [-0.4, -0.2) is 64.5 Å². The Labute approximate surface area is 224 Å². The third-order valence-electron chi connectivity index (χ3n) is 7.60. The predicted molar refractivity (Wildman–Crippen MR) is 139 cm³/mol. The molecule has 1 saturated heterocycles. The largest absolute Gasteiger partial charge is 0.497 e. The summed E-state index contributed by atoms with van der Waals surface area (Å²) in [5.41, 5.74) is 0.151. The molecule has 0 saturated carbocycles. The van der Waals surface area contributed by atoms with Crippen LogP contribution in [0.3, 0.4) is 0 Å². The Bertz CT molecular complexity index is 1300. The van der Waals surface area contributed by atoms with E-state index in [0.717, 1.165) is 0 Å². The number of nitrogens with one attached hydrogen (secondary N) is 1. The van der Waals surface area contributed by atoms with Gasteiger partial charge in [-0.15, -0.1) is 0 Å². The van der Waals surface area contributed by atoms with Gasteiger partial charge in [0.1, 0.15) is 17.3 Å². The highest BCUT2D eigenvalue weighted by atomic mass is 19.1. The van der Waals surface area contributed by atoms with Crippen LogP contribution in [0.1, 0.15) is 42.9 Å². The maximum atomic E-state index is 13.8. The monoisotopic (exact) mass is 547 g/mol. The average Bonchev–Trinajstić information content (AvgIpc) is 2.92. The van der Waals surface area contributed by atoms with E-state index in [4.69, 9.17) is 4.74 Å². The molecule has 3 aromatic rings. The maximum absolute atomic E-state index is 13.8. The van der Waals surface area contributed by atoms with Gasteiger partial charge in [0, 0.05) is 42.4 Å². The van der Waals surface area contributed by atoms with Crippen LogP contribution in [0.2, 0.25) is 0 Å². The number of carboxylic acids is 1.